The van der Waals surface area contributed by atoms with Gasteiger partial charge in [0, 0.05) is 36.0 Å². The Morgan fingerprint density at radius 2 is 1.35 bits per heavy atom. The number of aliphatic hydroxyl groups is 9. The van der Waals surface area contributed by atoms with Crippen molar-refractivity contribution < 1.29 is 103 Å². The standard InChI is InChI=1S/C36H52O21/c1-4-15-16(6-23-49-10-14(7-37)52-23)18(11-50-33(15)56-35-29(44)27(42)25(40)21(8-38)54-35)32(47)53-20-5-17-19(31(46)48-3)12-51-34(24(17)13(20)2)57-36-30(45)28(43)26(41)22(9-39)55-36/h4,11-17,20-30,33-45H,1,5-10H2,2-3H3. The summed E-state index contributed by atoms with van der Waals surface area (Å²) in [6.07, 6.45) is -17.2. The molecule has 20 atom stereocenters. The number of hydrogen-bond acceptors (Lipinski definition) is 21. The van der Waals surface area contributed by atoms with Crippen LogP contribution in [0.5, 0.6) is 0 Å². The van der Waals surface area contributed by atoms with Crippen molar-refractivity contribution in [3.05, 3.63) is 36.3 Å². The van der Waals surface area contributed by atoms with Gasteiger partial charge in [0.15, 0.2) is 18.9 Å². The molecule has 0 aromatic heterocycles. The summed E-state index contributed by atoms with van der Waals surface area (Å²) in [7, 11) is 1.19. The molecule has 1 aliphatic carbocycles. The highest BCUT2D eigenvalue weighted by Gasteiger charge is 2.56. The Balaban J connectivity index is 1.23. The van der Waals surface area contributed by atoms with Crippen molar-refractivity contribution >= 4 is 11.9 Å². The number of carbonyl (C=O) groups excluding carboxylic acids is 2. The fraction of sp³-hybridized carbons (Fsp3) is 0.778. The second-order valence-corrected chi connectivity index (χ2v) is 14.9. The third kappa shape index (κ3) is 8.74. The average molecular weight is 821 g/mol. The van der Waals surface area contributed by atoms with Gasteiger partial charge in [0.2, 0.25) is 12.6 Å². The third-order valence-electron chi connectivity index (χ3n) is 11.6. The maximum absolute atomic E-state index is 14.2. The van der Waals surface area contributed by atoms with Crippen molar-refractivity contribution in [2.45, 2.75) is 112 Å². The summed E-state index contributed by atoms with van der Waals surface area (Å²) >= 11 is 0. The summed E-state index contributed by atoms with van der Waals surface area (Å²) in [5.41, 5.74) is 0.109. The van der Waals surface area contributed by atoms with E-state index >= 15 is 0 Å². The molecule has 57 heavy (non-hydrogen) atoms. The van der Waals surface area contributed by atoms with E-state index in [0.29, 0.717) is 0 Å². The summed E-state index contributed by atoms with van der Waals surface area (Å²) in [5, 5.41) is 91.3. The zero-order valence-corrected chi connectivity index (χ0v) is 31.2. The summed E-state index contributed by atoms with van der Waals surface area (Å²) in [4.78, 5) is 27.1. The maximum atomic E-state index is 14.2. The highest BCUT2D eigenvalue weighted by molar-refractivity contribution is 5.90. The molecule has 0 aromatic carbocycles. The van der Waals surface area contributed by atoms with Crippen molar-refractivity contribution in [3.8, 4) is 0 Å². The Morgan fingerprint density at radius 3 is 1.89 bits per heavy atom. The minimum Gasteiger partial charge on any atom is -0.472 e. The maximum Gasteiger partial charge on any atom is 0.337 e. The highest BCUT2D eigenvalue weighted by atomic mass is 16.8. The number of hydrogen-bond donors (Lipinski definition) is 9. The first kappa shape index (κ1) is 43.7. The number of methoxy groups -OCH3 is 1. The number of fused-ring (bicyclic) bond motifs is 1. The minimum absolute atomic E-state index is 0.00440. The quantitative estimate of drug-likeness (QED) is 0.0632. The lowest BCUT2D eigenvalue weighted by Gasteiger charge is -2.43. The smallest absolute Gasteiger partial charge is 0.337 e. The molecule has 0 spiro atoms. The van der Waals surface area contributed by atoms with Crippen LogP contribution in [0.1, 0.15) is 19.8 Å². The van der Waals surface area contributed by atoms with E-state index in [1.165, 1.54) is 13.2 Å². The second-order valence-electron chi connectivity index (χ2n) is 14.9. The first-order chi connectivity index (χ1) is 27.3. The summed E-state index contributed by atoms with van der Waals surface area (Å²) in [6.45, 7) is 3.97. The van der Waals surface area contributed by atoms with E-state index in [9.17, 15) is 55.5 Å². The van der Waals surface area contributed by atoms with Gasteiger partial charge in [0.05, 0.1) is 57.2 Å². The van der Waals surface area contributed by atoms with Gasteiger partial charge >= 0.3 is 11.9 Å². The lowest BCUT2D eigenvalue weighted by molar-refractivity contribution is -0.342. The number of carbonyl (C=O) groups is 2. The molecule has 0 aromatic rings. The molecule has 0 radical (unpaired) electrons. The van der Waals surface area contributed by atoms with Crippen LogP contribution in [0.2, 0.25) is 0 Å². The molecule has 5 aliphatic heterocycles. The number of rotatable bonds is 13. The number of esters is 2. The third-order valence-corrected chi connectivity index (χ3v) is 11.6. The molecule has 0 bridgehead atoms. The molecular formula is C36H52O21. The molecule has 21 heteroatoms. The van der Waals surface area contributed by atoms with E-state index in [1.807, 2.05) is 0 Å². The van der Waals surface area contributed by atoms with Crippen molar-refractivity contribution in [1.29, 1.82) is 0 Å². The molecule has 21 nitrogen and oxygen atoms in total. The predicted octanol–water partition coefficient (Wildman–Crippen LogP) is -4.00. The fourth-order valence-electron chi connectivity index (χ4n) is 8.28. The molecule has 4 fully saturated rings. The molecule has 1 saturated carbocycles. The molecule has 3 saturated heterocycles. The van der Waals surface area contributed by atoms with E-state index in [-0.39, 0.29) is 37.2 Å². The molecular weight excluding hydrogens is 768 g/mol. The van der Waals surface area contributed by atoms with Crippen LogP contribution in [-0.4, -0.2) is 184 Å². The molecule has 5 heterocycles. The van der Waals surface area contributed by atoms with Gasteiger partial charge in [0.1, 0.15) is 61.0 Å². The zero-order valence-electron chi connectivity index (χ0n) is 31.2. The lowest BCUT2D eigenvalue weighted by atomic mass is 9.81. The van der Waals surface area contributed by atoms with Crippen molar-refractivity contribution in [1.82, 2.24) is 0 Å². The van der Waals surface area contributed by atoms with Crippen LogP contribution in [0.4, 0.5) is 0 Å². The SMILES string of the molecule is C=CC1C(OC2OC(CO)C(O)C(O)C2O)OC=C(C(=O)OC2CC3C(C(=O)OC)=COC(OC4OC(CO)C(O)C(O)C4O)C3C2C)C1CC1OCC(CO)O1. The Labute approximate surface area is 326 Å². The molecule has 9 N–H and O–H groups in total. The van der Waals surface area contributed by atoms with Crippen LogP contribution in [-0.2, 0) is 57.0 Å². The first-order valence-corrected chi connectivity index (χ1v) is 18.7. The average Bonchev–Trinajstić information content (AvgIpc) is 3.81. The Kier molecular flexibility index (Phi) is 14.3. The van der Waals surface area contributed by atoms with Crippen LogP contribution in [0.3, 0.4) is 0 Å². The number of aliphatic hydroxyl groups excluding tert-OH is 9. The van der Waals surface area contributed by atoms with Crippen molar-refractivity contribution in [2.75, 3.05) is 33.5 Å². The van der Waals surface area contributed by atoms with Gasteiger partial charge < -0.3 is 93.3 Å². The van der Waals surface area contributed by atoms with E-state index < -0.39 is 147 Å². The van der Waals surface area contributed by atoms with E-state index in [0.717, 1.165) is 12.5 Å². The largest absolute Gasteiger partial charge is 0.472 e. The normalized spacial score (nSPS) is 45.8. The fourth-order valence-corrected chi connectivity index (χ4v) is 8.28. The highest BCUT2D eigenvalue weighted by Crippen LogP contribution is 2.49. The van der Waals surface area contributed by atoms with E-state index in [2.05, 4.69) is 6.58 Å². The van der Waals surface area contributed by atoms with Gasteiger partial charge in [-0.1, -0.05) is 13.0 Å². The Hall–Kier alpha value is -2.84. The molecule has 6 rings (SSSR count). The van der Waals surface area contributed by atoms with Gasteiger partial charge in [-0.05, 0) is 6.42 Å². The molecule has 20 unspecified atom stereocenters. The van der Waals surface area contributed by atoms with Gasteiger partial charge in [0.25, 0.3) is 0 Å². The van der Waals surface area contributed by atoms with Gasteiger partial charge in [-0.3, -0.25) is 0 Å². The summed E-state index contributed by atoms with van der Waals surface area (Å²) in [6, 6.07) is 0. The van der Waals surface area contributed by atoms with Crippen molar-refractivity contribution in [2.24, 2.45) is 29.6 Å². The molecule has 6 aliphatic rings. The van der Waals surface area contributed by atoms with Gasteiger partial charge in [-0.25, -0.2) is 9.59 Å². The monoisotopic (exact) mass is 820 g/mol. The molecule has 0 amide bonds. The van der Waals surface area contributed by atoms with E-state index in [4.69, 9.17) is 47.4 Å². The predicted molar refractivity (Wildman–Crippen MR) is 182 cm³/mol. The topological polar surface area (TPSA) is 309 Å². The van der Waals surface area contributed by atoms with Crippen LogP contribution in [0, 0.1) is 29.6 Å². The minimum atomic E-state index is -1.76. The van der Waals surface area contributed by atoms with Crippen LogP contribution >= 0.6 is 0 Å². The lowest BCUT2D eigenvalue weighted by Crippen LogP contribution is -2.60. The Bertz CT molecular complexity index is 1470. The van der Waals surface area contributed by atoms with E-state index in [1.54, 1.807) is 6.92 Å². The van der Waals surface area contributed by atoms with Gasteiger partial charge in [-0.15, -0.1) is 6.58 Å². The van der Waals surface area contributed by atoms with Crippen LogP contribution < -0.4 is 0 Å². The molecule has 322 valence electrons. The summed E-state index contributed by atoms with van der Waals surface area (Å²) < 4.78 is 57.2. The van der Waals surface area contributed by atoms with Crippen LogP contribution in [0.25, 0.3) is 0 Å². The zero-order chi connectivity index (χ0) is 41.3. The summed E-state index contributed by atoms with van der Waals surface area (Å²) in [5.74, 6) is -5.32. The second kappa shape index (κ2) is 18.6. The first-order valence-electron chi connectivity index (χ1n) is 18.7. The van der Waals surface area contributed by atoms with Gasteiger partial charge in [-0.2, -0.15) is 0 Å². The van der Waals surface area contributed by atoms with Crippen LogP contribution in [0.15, 0.2) is 36.3 Å². The Morgan fingerprint density at radius 1 is 0.772 bits per heavy atom. The van der Waals surface area contributed by atoms with Crippen molar-refractivity contribution in [3.63, 3.8) is 0 Å². The number of ether oxygens (including phenoxy) is 10.